The predicted octanol–water partition coefficient (Wildman–Crippen LogP) is 5.19. The lowest BCUT2D eigenvalue weighted by molar-refractivity contribution is 0.0935. The number of aliphatic hydroxyl groups is 1. The van der Waals surface area contributed by atoms with Crippen LogP contribution in [0.25, 0.3) is 0 Å². The molecule has 156 valence electrons. The van der Waals surface area contributed by atoms with E-state index >= 15 is 0 Å². The van der Waals surface area contributed by atoms with Gasteiger partial charge in [0.2, 0.25) is 0 Å². The second kappa shape index (κ2) is 8.74. The monoisotopic (exact) mass is 416 g/mol. The fraction of sp³-hybridized carbons (Fsp3) is 0.391. The summed E-state index contributed by atoms with van der Waals surface area (Å²) in [7, 11) is -4.47. The van der Waals surface area contributed by atoms with E-state index in [2.05, 4.69) is 0 Å². The molecule has 0 spiro atoms. The lowest BCUT2D eigenvalue weighted by Gasteiger charge is -2.21. The lowest BCUT2D eigenvalue weighted by Crippen LogP contribution is -2.20. The summed E-state index contributed by atoms with van der Waals surface area (Å²) in [6.07, 6.45) is -0.968. The average molecular weight is 416 g/mol. The third-order valence-corrected chi connectivity index (χ3v) is 6.84. The first-order chi connectivity index (χ1) is 13.4. The normalized spacial score (nSPS) is 12.7. The molecule has 0 aliphatic heterocycles. The number of carbonyl (C=O) groups is 2. The first kappa shape index (κ1) is 23.2. The molecule has 2 aromatic carbocycles. The Bertz CT molecular complexity index is 900. The van der Waals surface area contributed by atoms with Crippen molar-refractivity contribution in [1.29, 1.82) is 0 Å². The topological polar surface area (TPSA) is 80.7 Å². The van der Waals surface area contributed by atoms with Gasteiger partial charge in [0.1, 0.15) is 0 Å². The van der Waals surface area contributed by atoms with E-state index in [9.17, 15) is 19.3 Å². The Labute approximate surface area is 172 Å². The van der Waals surface area contributed by atoms with E-state index in [0.29, 0.717) is 22.3 Å². The Morgan fingerprint density at radius 3 is 1.41 bits per heavy atom. The summed E-state index contributed by atoms with van der Waals surface area (Å²) >= 11 is 0. The molecule has 0 aliphatic carbocycles. The summed E-state index contributed by atoms with van der Waals surface area (Å²) in [5, 5.41) is 9.64. The highest BCUT2D eigenvalue weighted by molar-refractivity contribution is 7.91. The van der Waals surface area contributed by atoms with Gasteiger partial charge >= 0.3 is 7.37 Å². The number of hydrogen-bond acceptors (Lipinski definition) is 5. The lowest BCUT2D eigenvalue weighted by atomic mass is 10.0. The van der Waals surface area contributed by atoms with Crippen molar-refractivity contribution in [1.82, 2.24) is 0 Å². The van der Waals surface area contributed by atoms with Crippen molar-refractivity contribution in [2.45, 2.75) is 54.6 Å². The Morgan fingerprint density at radius 1 is 0.828 bits per heavy atom. The van der Waals surface area contributed by atoms with Crippen molar-refractivity contribution in [2.24, 2.45) is 0 Å². The third kappa shape index (κ3) is 4.75. The molecule has 0 saturated carbocycles. The molecule has 0 fully saturated rings. The van der Waals surface area contributed by atoms with Crippen molar-refractivity contribution in [2.75, 3.05) is 6.61 Å². The molecule has 1 atom stereocenters. The van der Waals surface area contributed by atoms with Crippen molar-refractivity contribution in [3.8, 4) is 0 Å². The van der Waals surface area contributed by atoms with E-state index in [1.165, 1.54) is 6.92 Å². The van der Waals surface area contributed by atoms with E-state index in [-0.39, 0.29) is 17.7 Å². The molecule has 0 saturated heterocycles. The second-order valence-corrected chi connectivity index (χ2v) is 10.0. The Hall–Kier alpha value is -2.07. The summed E-state index contributed by atoms with van der Waals surface area (Å²) in [6.45, 7) is 11.9. The number of benzene rings is 2. The van der Waals surface area contributed by atoms with Crippen LogP contribution in [-0.4, -0.2) is 28.9 Å². The van der Waals surface area contributed by atoms with Gasteiger partial charge in [0.05, 0.1) is 12.7 Å². The van der Waals surface area contributed by atoms with Crippen LogP contribution in [-0.2, 0) is 9.09 Å². The van der Waals surface area contributed by atoms with E-state index in [4.69, 9.17) is 4.52 Å². The SMILES string of the molecule is Cc1cc(C)c(C(=O)P(=O)(OCC(C)O)C(=O)c2c(C)cc(C)cc2C)c(C)c1. The van der Waals surface area contributed by atoms with E-state index in [1.807, 2.05) is 38.1 Å². The molecule has 0 radical (unpaired) electrons. The van der Waals surface area contributed by atoms with Crippen LogP contribution in [0.4, 0.5) is 0 Å². The number of aliphatic hydroxyl groups excluding tert-OH is 1. The molecule has 5 nitrogen and oxygen atoms in total. The molecule has 0 aromatic heterocycles. The Balaban J connectivity index is 2.68. The highest BCUT2D eigenvalue weighted by Gasteiger charge is 2.45. The maximum Gasteiger partial charge on any atom is 0.340 e. The zero-order chi connectivity index (χ0) is 22.1. The molecule has 0 amide bonds. The van der Waals surface area contributed by atoms with Crippen LogP contribution < -0.4 is 0 Å². The number of aryl methyl sites for hydroxylation is 6. The molecular formula is C23H29O5P. The molecular weight excluding hydrogens is 387 g/mol. The zero-order valence-corrected chi connectivity index (χ0v) is 19.0. The third-order valence-electron chi connectivity index (χ3n) is 4.81. The quantitative estimate of drug-likeness (QED) is 0.628. The molecule has 29 heavy (non-hydrogen) atoms. The largest absolute Gasteiger partial charge is 0.391 e. The van der Waals surface area contributed by atoms with Gasteiger partial charge in [0.15, 0.2) is 0 Å². The maximum atomic E-state index is 13.9. The molecule has 0 bridgehead atoms. The highest BCUT2D eigenvalue weighted by atomic mass is 31.2. The molecule has 0 aliphatic rings. The first-order valence-corrected chi connectivity index (χ1v) is 11.2. The predicted molar refractivity (Wildman–Crippen MR) is 115 cm³/mol. The molecule has 1 N–H and O–H groups in total. The fourth-order valence-electron chi connectivity index (χ4n) is 3.75. The van der Waals surface area contributed by atoms with E-state index in [1.54, 1.807) is 27.7 Å². The van der Waals surface area contributed by atoms with Crippen LogP contribution in [0.3, 0.4) is 0 Å². The minimum atomic E-state index is -4.47. The summed E-state index contributed by atoms with van der Waals surface area (Å²) in [5.74, 6) is 0. The smallest absolute Gasteiger partial charge is 0.340 e. The van der Waals surface area contributed by atoms with E-state index in [0.717, 1.165) is 11.1 Å². The standard InChI is InChI=1S/C23H29O5P/c1-13-8-15(3)20(16(4)9-13)22(25)29(27,28-12-19(7)24)23(26)21-17(5)10-14(2)11-18(21)6/h8-11,19,24H,12H2,1-7H3. The summed E-state index contributed by atoms with van der Waals surface area (Å²) in [6, 6.07) is 7.25. The van der Waals surface area contributed by atoms with E-state index < -0.39 is 24.5 Å². The van der Waals surface area contributed by atoms with Crippen LogP contribution >= 0.6 is 7.37 Å². The van der Waals surface area contributed by atoms with Gasteiger partial charge < -0.3 is 9.63 Å². The van der Waals surface area contributed by atoms with Crippen molar-refractivity contribution < 1.29 is 23.8 Å². The molecule has 2 aromatic rings. The van der Waals surface area contributed by atoms with Gasteiger partial charge in [-0.1, -0.05) is 35.4 Å². The fourth-order valence-corrected chi connectivity index (χ4v) is 5.89. The highest BCUT2D eigenvalue weighted by Crippen LogP contribution is 2.54. The van der Waals surface area contributed by atoms with Gasteiger partial charge in [-0.05, 0) is 70.7 Å². The summed E-state index contributed by atoms with van der Waals surface area (Å²) in [4.78, 5) is 26.9. The van der Waals surface area contributed by atoms with Crippen molar-refractivity contribution in [3.63, 3.8) is 0 Å². The minimum Gasteiger partial charge on any atom is -0.391 e. The van der Waals surface area contributed by atoms with Gasteiger partial charge in [-0.25, -0.2) is 0 Å². The average Bonchev–Trinajstić information content (AvgIpc) is 2.57. The number of rotatable bonds is 7. The first-order valence-electron chi connectivity index (χ1n) is 9.56. The Morgan fingerprint density at radius 2 is 1.14 bits per heavy atom. The second-order valence-electron chi connectivity index (χ2n) is 7.85. The molecule has 1 unspecified atom stereocenters. The van der Waals surface area contributed by atoms with Crippen molar-refractivity contribution >= 4 is 18.4 Å². The molecule has 2 rings (SSSR count). The van der Waals surface area contributed by atoms with Crippen LogP contribution in [0.15, 0.2) is 24.3 Å². The minimum absolute atomic E-state index is 0.236. The Kier molecular flexibility index (Phi) is 7.00. The van der Waals surface area contributed by atoms with Gasteiger partial charge in [0.25, 0.3) is 11.0 Å². The van der Waals surface area contributed by atoms with Crippen LogP contribution in [0, 0.1) is 41.5 Å². The van der Waals surface area contributed by atoms with Crippen LogP contribution in [0.5, 0.6) is 0 Å². The van der Waals surface area contributed by atoms with Gasteiger partial charge in [-0.15, -0.1) is 0 Å². The molecule has 6 heteroatoms. The van der Waals surface area contributed by atoms with Crippen LogP contribution in [0.2, 0.25) is 0 Å². The zero-order valence-electron chi connectivity index (χ0n) is 18.1. The van der Waals surface area contributed by atoms with Gasteiger partial charge in [0, 0.05) is 11.1 Å². The van der Waals surface area contributed by atoms with Crippen molar-refractivity contribution in [3.05, 3.63) is 68.8 Å². The number of carbonyl (C=O) groups excluding carboxylic acids is 2. The van der Waals surface area contributed by atoms with Crippen LogP contribution in [0.1, 0.15) is 61.0 Å². The summed E-state index contributed by atoms with van der Waals surface area (Å²) < 4.78 is 19.3. The van der Waals surface area contributed by atoms with Gasteiger partial charge in [-0.3, -0.25) is 14.2 Å². The number of hydrogen-bond donors (Lipinski definition) is 1. The summed E-state index contributed by atoms with van der Waals surface area (Å²) in [5.41, 5.74) is 3.31. The molecule has 0 heterocycles. The maximum absolute atomic E-state index is 13.9. The van der Waals surface area contributed by atoms with Gasteiger partial charge in [-0.2, -0.15) is 0 Å².